The van der Waals surface area contributed by atoms with E-state index in [1.807, 2.05) is 6.07 Å². The van der Waals surface area contributed by atoms with Crippen molar-refractivity contribution in [1.29, 1.82) is 0 Å². The Morgan fingerprint density at radius 1 is 1.32 bits per heavy atom. The zero-order valence-electron chi connectivity index (χ0n) is 11.0. The van der Waals surface area contributed by atoms with Crippen LogP contribution in [0.1, 0.15) is 36.4 Å². The molecule has 0 heterocycles. The minimum absolute atomic E-state index is 0.150. The van der Waals surface area contributed by atoms with Gasteiger partial charge in [-0.05, 0) is 48.9 Å². The second-order valence-corrected chi connectivity index (χ2v) is 5.62. The minimum Gasteiger partial charge on any atom is -0.396 e. The summed E-state index contributed by atoms with van der Waals surface area (Å²) in [4.78, 5) is 0. The van der Waals surface area contributed by atoms with Crippen molar-refractivity contribution in [2.24, 2.45) is 5.92 Å². The fourth-order valence-electron chi connectivity index (χ4n) is 3.24. The van der Waals surface area contributed by atoms with E-state index in [0.29, 0.717) is 6.04 Å². The Labute approximate surface area is 113 Å². The first kappa shape index (κ1) is 12.8. The number of halogens is 1. The SMILES string of the molecule is OC[C@H]1C=C[C@@H](NC2CCCc3ccc(F)cc32)C1. The molecular formula is C16H20FNO. The number of hydrogen-bond acceptors (Lipinski definition) is 2. The summed E-state index contributed by atoms with van der Waals surface area (Å²) in [7, 11) is 0. The highest BCUT2D eigenvalue weighted by Crippen LogP contribution is 2.32. The van der Waals surface area contributed by atoms with Crippen LogP contribution in [-0.4, -0.2) is 17.8 Å². The summed E-state index contributed by atoms with van der Waals surface area (Å²) in [5, 5.41) is 12.8. The van der Waals surface area contributed by atoms with Gasteiger partial charge >= 0.3 is 0 Å². The monoisotopic (exact) mass is 261 g/mol. The zero-order valence-corrected chi connectivity index (χ0v) is 11.0. The van der Waals surface area contributed by atoms with Gasteiger partial charge in [-0.3, -0.25) is 0 Å². The number of nitrogens with one attached hydrogen (secondary N) is 1. The lowest BCUT2D eigenvalue weighted by atomic mass is 9.87. The highest BCUT2D eigenvalue weighted by molar-refractivity contribution is 5.33. The topological polar surface area (TPSA) is 32.3 Å². The molecule has 2 aliphatic carbocycles. The van der Waals surface area contributed by atoms with Crippen molar-refractivity contribution < 1.29 is 9.50 Å². The van der Waals surface area contributed by atoms with E-state index in [-0.39, 0.29) is 24.4 Å². The Bertz CT molecular complexity index is 486. The summed E-state index contributed by atoms with van der Waals surface area (Å²) >= 11 is 0. The third-order valence-corrected chi connectivity index (χ3v) is 4.24. The molecule has 2 N–H and O–H groups in total. The standard InChI is InChI=1S/C16H20FNO/c17-13-6-5-12-2-1-3-16(15(12)9-13)18-14-7-4-11(8-14)10-19/h4-7,9,11,14,16,18-19H,1-3,8,10H2/t11-,14+,16?/m0/s1. The lowest BCUT2D eigenvalue weighted by Gasteiger charge is -2.29. The Balaban J connectivity index is 1.73. The van der Waals surface area contributed by atoms with Crippen molar-refractivity contribution in [3.05, 3.63) is 47.3 Å². The van der Waals surface area contributed by atoms with Gasteiger partial charge in [-0.15, -0.1) is 0 Å². The number of rotatable bonds is 3. The van der Waals surface area contributed by atoms with E-state index in [4.69, 9.17) is 5.11 Å². The molecule has 1 aromatic rings. The average Bonchev–Trinajstić information content (AvgIpc) is 2.87. The van der Waals surface area contributed by atoms with Crippen LogP contribution >= 0.6 is 0 Å². The predicted octanol–water partition coefficient (Wildman–Crippen LogP) is 2.73. The molecule has 0 amide bonds. The number of aliphatic hydroxyl groups is 1. The van der Waals surface area contributed by atoms with Crippen LogP contribution in [0.4, 0.5) is 4.39 Å². The second-order valence-electron chi connectivity index (χ2n) is 5.62. The maximum Gasteiger partial charge on any atom is 0.123 e. The van der Waals surface area contributed by atoms with Crippen LogP contribution in [0.2, 0.25) is 0 Å². The van der Waals surface area contributed by atoms with Crippen molar-refractivity contribution in [2.75, 3.05) is 6.61 Å². The Morgan fingerprint density at radius 2 is 2.21 bits per heavy atom. The van der Waals surface area contributed by atoms with Gasteiger partial charge in [0.15, 0.2) is 0 Å². The van der Waals surface area contributed by atoms with Crippen molar-refractivity contribution in [3.63, 3.8) is 0 Å². The molecule has 3 heteroatoms. The third kappa shape index (κ3) is 2.72. The minimum atomic E-state index is -0.150. The molecule has 102 valence electrons. The molecule has 2 aliphatic rings. The van der Waals surface area contributed by atoms with E-state index in [2.05, 4.69) is 17.5 Å². The lowest BCUT2D eigenvalue weighted by Crippen LogP contribution is -2.33. The number of aliphatic hydroxyl groups excluding tert-OH is 1. The van der Waals surface area contributed by atoms with E-state index in [1.54, 1.807) is 12.1 Å². The first-order valence-corrected chi connectivity index (χ1v) is 7.10. The number of aryl methyl sites for hydroxylation is 1. The maximum atomic E-state index is 13.4. The predicted molar refractivity (Wildman–Crippen MR) is 73.3 cm³/mol. The average molecular weight is 261 g/mol. The summed E-state index contributed by atoms with van der Waals surface area (Å²) in [6, 6.07) is 5.69. The Hall–Kier alpha value is -1.19. The van der Waals surface area contributed by atoms with Gasteiger partial charge in [0.25, 0.3) is 0 Å². The molecule has 1 unspecified atom stereocenters. The van der Waals surface area contributed by atoms with Gasteiger partial charge < -0.3 is 10.4 Å². The first-order chi connectivity index (χ1) is 9.26. The van der Waals surface area contributed by atoms with Crippen LogP contribution in [0.25, 0.3) is 0 Å². The summed E-state index contributed by atoms with van der Waals surface area (Å²) in [5.74, 6) is 0.121. The van der Waals surface area contributed by atoms with Gasteiger partial charge in [-0.25, -0.2) is 4.39 Å². The van der Waals surface area contributed by atoms with Crippen LogP contribution in [0.15, 0.2) is 30.4 Å². The highest BCUT2D eigenvalue weighted by Gasteiger charge is 2.25. The van der Waals surface area contributed by atoms with Gasteiger partial charge in [0.1, 0.15) is 5.82 Å². The number of benzene rings is 1. The van der Waals surface area contributed by atoms with E-state index >= 15 is 0 Å². The molecule has 0 saturated carbocycles. The van der Waals surface area contributed by atoms with Crippen LogP contribution in [0.5, 0.6) is 0 Å². The van der Waals surface area contributed by atoms with Crippen LogP contribution in [0.3, 0.4) is 0 Å². The molecule has 0 radical (unpaired) electrons. The van der Waals surface area contributed by atoms with Gasteiger partial charge in [0, 0.05) is 24.6 Å². The normalized spacial score (nSPS) is 29.5. The van der Waals surface area contributed by atoms with Gasteiger partial charge in [-0.1, -0.05) is 18.2 Å². The molecule has 3 rings (SSSR count). The molecule has 0 aromatic heterocycles. The first-order valence-electron chi connectivity index (χ1n) is 7.10. The second kappa shape index (κ2) is 5.43. The van der Waals surface area contributed by atoms with Gasteiger partial charge in [0.05, 0.1) is 0 Å². The molecule has 19 heavy (non-hydrogen) atoms. The fraction of sp³-hybridized carbons (Fsp3) is 0.500. The molecule has 3 atom stereocenters. The Morgan fingerprint density at radius 3 is 3.00 bits per heavy atom. The molecule has 0 spiro atoms. The van der Waals surface area contributed by atoms with Gasteiger partial charge in [-0.2, -0.15) is 0 Å². The van der Waals surface area contributed by atoms with Crippen LogP contribution in [-0.2, 0) is 6.42 Å². The molecule has 0 fully saturated rings. The van der Waals surface area contributed by atoms with E-state index in [0.717, 1.165) is 31.2 Å². The van der Waals surface area contributed by atoms with Crippen LogP contribution in [0, 0.1) is 11.7 Å². The highest BCUT2D eigenvalue weighted by atomic mass is 19.1. The summed E-state index contributed by atoms with van der Waals surface area (Å²) < 4.78 is 13.4. The number of fused-ring (bicyclic) bond motifs is 1. The smallest absolute Gasteiger partial charge is 0.123 e. The quantitative estimate of drug-likeness (QED) is 0.820. The Kier molecular flexibility index (Phi) is 3.67. The van der Waals surface area contributed by atoms with E-state index in [1.165, 1.54) is 5.56 Å². The van der Waals surface area contributed by atoms with Crippen molar-refractivity contribution >= 4 is 0 Å². The maximum absolute atomic E-state index is 13.4. The summed E-state index contributed by atoms with van der Waals surface area (Å²) in [6.07, 6.45) is 8.41. The zero-order chi connectivity index (χ0) is 13.2. The largest absolute Gasteiger partial charge is 0.396 e. The fourth-order valence-corrected chi connectivity index (χ4v) is 3.24. The summed E-state index contributed by atoms with van der Waals surface area (Å²) in [5.41, 5.74) is 2.39. The van der Waals surface area contributed by atoms with Crippen molar-refractivity contribution in [3.8, 4) is 0 Å². The third-order valence-electron chi connectivity index (χ3n) is 4.24. The van der Waals surface area contributed by atoms with Crippen LogP contribution < -0.4 is 5.32 Å². The van der Waals surface area contributed by atoms with Crippen molar-refractivity contribution in [1.82, 2.24) is 5.32 Å². The van der Waals surface area contributed by atoms with Gasteiger partial charge in [0.2, 0.25) is 0 Å². The summed E-state index contributed by atoms with van der Waals surface area (Å²) in [6.45, 7) is 0.213. The molecule has 0 bridgehead atoms. The van der Waals surface area contributed by atoms with E-state index < -0.39 is 0 Å². The molecular weight excluding hydrogens is 241 g/mol. The number of hydrogen-bond donors (Lipinski definition) is 2. The molecule has 1 aromatic carbocycles. The molecule has 0 saturated heterocycles. The molecule has 0 aliphatic heterocycles. The van der Waals surface area contributed by atoms with Crippen molar-refractivity contribution in [2.45, 2.75) is 37.8 Å². The van der Waals surface area contributed by atoms with E-state index in [9.17, 15) is 4.39 Å². The lowest BCUT2D eigenvalue weighted by molar-refractivity contribution is 0.244. The molecule has 2 nitrogen and oxygen atoms in total.